The Morgan fingerprint density at radius 1 is 1.23 bits per heavy atom. The molecule has 2 heterocycles. The average Bonchev–Trinajstić information content (AvgIpc) is 2.48. The monoisotopic (exact) mass is 333 g/mol. The number of halogens is 2. The van der Waals surface area contributed by atoms with Gasteiger partial charge in [0.2, 0.25) is 5.55 Å². The van der Waals surface area contributed by atoms with Crippen LogP contribution in [-0.4, -0.2) is 10.9 Å². The maximum Gasteiger partial charge on any atom is 0.262 e. The summed E-state index contributed by atoms with van der Waals surface area (Å²) in [5.41, 5.74) is 0.0899. The normalized spacial score (nSPS) is 10.6. The van der Waals surface area contributed by atoms with Gasteiger partial charge in [-0.3, -0.25) is 10.2 Å². The zero-order chi connectivity index (χ0) is 15.7. The molecule has 0 aliphatic rings. The summed E-state index contributed by atoms with van der Waals surface area (Å²) in [4.78, 5) is 16.2. The third-order valence-corrected chi connectivity index (χ3v) is 3.44. The number of carbonyl (C=O) groups is 1. The van der Waals surface area contributed by atoms with Gasteiger partial charge in [-0.05, 0) is 30.3 Å². The molecule has 0 radical (unpaired) electrons. The van der Waals surface area contributed by atoms with Gasteiger partial charge in [0.25, 0.3) is 5.91 Å². The van der Waals surface area contributed by atoms with E-state index in [-0.39, 0.29) is 16.1 Å². The van der Waals surface area contributed by atoms with Crippen molar-refractivity contribution < 1.29 is 9.21 Å². The van der Waals surface area contributed by atoms with Gasteiger partial charge in [0.15, 0.2) is 5.58 Å². The number of hydrogen-bond donors (Lipinski definition) is 2. The summed E-state index contributed by atoms with van der Waals surface area (Å²) in [6.45, 7) is 0. The second kappa shape index (κ2) is 5.79. The van der Waals surface area contributed by atoms with E-state index < -0.39 is 5.91 Å². The van der Waals surface area contributed by atoms with Gasteiger partial charge < -0.3 is 9.73 Å². The van der Waals surface area contributed by atoms with Gasteiger partial charge in [0.1, 0.15) is 11.4 Å². The molecule has 110 valence electrons. The number of fused-ring (bicyclic) bond motifs is 1. The van der Waals surface area contributed by atoms with Crippen molar-refractivity contribution in [2.45, 2.75) is 0 Å². The fraction of sp³-hybridized carbons (Fsp3) is 0. The van der Waals surface area contributed by atoms with Gasteiger partial charge >= 0.3 is 0 Å². The zero-order valence-electron chi connectivity index (χ0n) is 11.1. The van der Waals surface area contributed by atoms with Crippen LogP contribution in [-0.2, 0) is 0 Å². The van der Waals surface area contributed by atoms with Gasteiger partial charge in [-0.15, -0.1) is 0 Å². The van der Waals surface area contributed by atoms with Gasteiger partial charge in [0, 0.05) is 16.6 Å². The van der Waals surface area contributed by atoms with Crippen LogP contribution in [0.2, 0.25) is 10.0 Å². The molecule has 2 aromatic heterocycles. The molecule has 0 spiro atoms. The molecule has 3 rings (SSSR count). The van der Waals surface area contributed by atoms with Crippen LogP contribution in [0.3, 0.4) is 0 Å². The first-order valence-electron chi connectivity index (χ1n) is 6.24. The highest BCUT2D eigenvalue weighted by molar-refractivity contribution is 6.38. The molecule has 0 atom stereocenters. The molecule has 0 saturated carbocycles. The van der Waals surface area contributed by atoms with Crippen LogP contribution in [0.4, 0.5) is 5.82 Å². The number of benzene rings is 1. The Hall–Kier alpha value is -2.37. The van der Waals surface area contributed by atoms with Crippen LogP contribution in [0.1, 0.15) is 10.4 Å². The van der Waals surface area contributed by atoms with E-state index in [0.29, 0.717) is 21.8 Å². The third-order valence-electron chi connectivity index (χ3n) is 2.94. The van der Waals surface area contributed by atoms with Crippen LogP contribution in [0.15, 0.2) is 47.0 Å². The maximum atomic E-state index is 12.3. The van der Waals surface area contributed by atoms with E-state index in [1.807, 2.05) is 0 Å². The fourth-order valence-electron chi connectivity index (χ4n) is 1.96. The fourth-order valence-corrected chi connectivity index (χ4v) is 2.51. The first-order valence-corrected chi connectivity index (χ1v) is 7.00. The average molecular weight is 334 g/mol. The van der Waals surface area contributed by atoms with Crippen molar-refractivity contribution in [2.75, 3.05) is 5.32 Å². The van der Waals surface area contributed by atoms with Gasteiger partial charge in [-0.25, -0.2) is 4.98 Å². The number of hydrogen-bond acceptors (Lipinski definition) is 4. The molecule has 0 bridgehead atoms. The summed E-state index contributed by atoms with van der Waals surface area (Å²) in [5, 5.41) is 11.7. The lowest BCUT2D eigenvalue weighted by Crippen LogP contribution is -2.21. The minimum absolute atomic E-state index is 0.0662. The van der Waals surface area contributed by atoms with Gasteiger partial charge in [0.05, 0.1) is 5.02 Å². The number of amides is 1. The quantitative estimate of drug-likeness (QED) is 0.747. The first kappa shape index (κ1) is 14.6. The summed E-state index contributed by atoms with van der Waals surface area (Å²) < 4.78 is 5.33. The molecule has 0 saturated heterocycles. The summed E-state index contributed by atoms with van der Waals surface area (Å²) >= 11 is 12.0. The summed E-state index contributed by atoms with van der Waals surface area (Å²) in [6.07, 6.45) is 1.56. The van der Waals surface area contributed by atoms with E-state index in [1.54, 1.807) is 30.5 Å². The van der Waals surface area contributed by atoms with Crippen LogP contribution in [0, 0.1) is 5.41 Å². The Morgan fingerprint density at radius 3 is 2.77 bits per heavy atom. The van der Waals surface area contributed by atoms with E-state index in [9.17, 15) is 4.79 Å². The van der Waals surface area contributed by atoms with Crippen molar-refractivity contribution in [3.8, 4) is 0 Å². The Balaban J connectivity index is 2.05. The Kier molecular flexibility index (Phi) is 3.83. The predicted octanol–water partition coefficient (Wildman–Crippen LogP) is 3.87. The molecule has 22 heavy (non-hydrogen) atoms. The largest absolute Gasteiger partial charge is 0.437 e. The van der Waals surface area contributed by atoms with E-state index in [2.05, 4.69) is 10.3 Å². The number of carbonyl (C=O) groups excluding carboxylic acids is 1. The topological polar surface area (TPSA) is 79.0 Å². The molecule has 3 aromatic rings. The molecule has 5 nitrogen and oxygen atoms in total. The SMILES string of the molecule is N=c1oc2c(Cl)cc(Cl)cc2cc1C(=O)Nc1ccccn1. The molecule has 0 aliphatic heterocycles. The van der Waals surface area contributed by atoms with Crippen molar-refractivity contribution in [3.63, 3.8) is 0 Å². The van der Waals surface area contributed by atoms with Gasteiger partial charge in [-0.1, -0.05) is 29.3 Å². The smallest absolute Gasteiger partial charge is 0.262 e. The maximum absolute atomic E-state index is 12.3. The summed E-state index contributed by atoms with van der Waals surface area (Å²) in [6, 6.07) is 9.77. The molecule has 2 N–H and O–H groups in total. The standard InChI is InChI=1S/C15H9Cl2N3O2/c16-9-5-8-6-10(14(18)22-13(8)11(17)7-9)15(21)20-12-3-1-2-4-19-12/h1-7,18H,(H,19,20,21). The first-order chi connectivity index (χ1) is 10.5. The van der Waals surface area contributed by atoms with E-state index >= 15 is 0 Å². The minimum Gasteiger partial charge on any atom is -0.437 e. The van der Waals surface area contributed by atoms with Crippen molar-refractivity contribution in [1.82, 2.24) is 4.98 Å². The molecular formula is C15H9Cl2N3O2. The molecule has 1 aromatic carbocycles. The molecule has 0 fully saturated rings. The zero-order valence-corrected chi connectivity index (χ0v) is 12.6. The van der Waals surface area contributed by atoms with Crippen LogP contribution in [0.25, 0.3) is 11.0 Å². The van der Waals surface area contributed by atoms with Crippen molar-refractivity contribution in [2.24, 2.45) is 0 Å². The molecule has 0 aliphatic carbocycles. The number of pyridine rings is 1. The Bertz CT molecular complexity index is 923. The number of anilines is 1. The highest BCUT2D eigenvalue weighted by Gasteiger charge is 2.14. The van der Waals surface area contributed by atoms with Crippen LogP contribution < -0.4 is 10.9 Å². The van der Waals surface area contributed by atoms with Gasteiger partial charge in [-0.2, -0.15) is 0 Å². The second-order valence-corrected chi connectivity index (χ2v) is 5.31. The summed E-state index contributed by atoms with van der Waals surface area (Å²) in [7, 11) is 0. The molecule has 1 amide bonds. The van der Waals surface area contributed by atoms with Crippen molar-refractivity contribution in [3.05, 3.63) is 63.8 Å². The number of nitrogens with zero attached hydrogens (tertiary/aromatic N) is 1. The lowest BCUT2D eigenvalue weighted by Gasteiger charge is -2.06. The molecule has 7 heteroatoms. The highest BCUT2D eigenvalue weighted by Crippen LogP contribution is 2.27. The van der Waals surface area contributed by atoms with Crippen molar-refractivity contribution >= 4 is 45.9 Å². The van der Waals surface area contributed by atoms with Crippen LogP contribution >= 0.6 is 23.2 Å². The Labute approximate surface area is 135 Å². The number of aromatic nitrogens is 1. The van der Waals surface area contributed by atoms with E-state index in [4.69, 9.17) is 33.0 Å². The van der Waals surface area contributed by atoms with Crippen LogP contribution in [0.5, 0.6) is 0 Å². The van der Waals surface area contributed by atoms with Crippen molar-refractivity contribution in [1.29, 1.82) is 5.41 Å². The molecule has 0 unspecified atom stereocenters. The third kappa shape index (κ3) is 2.81. The lowest BCUT2D eigenvalue weighted by molar-refractivity contribution is 0.102. The van der Waals surface area contributed by atoms with E-state index in [0.717, 1.165) is 0 Å². The minimum atomic E-state index is -0.495. The van der Waals surface area contributed by atoms with E-state index in [1.165, 1.54) is 12.1 Å². The second-order valence-electron chi connectivity index (χ2n) is 4.46. The highest BCUT2D eigenvalue weighted by atomic mass is 35.5. The predicted molar refractivity (Wildman–Crippen MR) is 84.3 cm³/mol. The number of nitrogens with one attached hydrogen (secondary N) is 2. The molecular weight excluding hydrogens is 325 g/mol. The Morgan fingerprint density at radius 2 is 2.05 bits per heavy atom. The number of rotatable bonds is 2. The lowest BCUT2D eigenvalue weighted by atomic mass is 10.1. The summed E-state index contributed by atoms with van der Waals surface area (Å²) in [5.74, 6) is -0.110.